The monoisotopic (exact) mass is 276 g/mol. The maximum absolute atomic E-state index is 13.4. The zero-order valence-electron chi connectivity index (χ0n) is 9.64. The molecule has 1 saturated heterocycles. The van der Waals surface area contributed by atoms with Crippen LogP contribution in [-0.2, 0) is 16.3 Å². The highest BCUT2D eigenvalue weighted by Crippen LogP contribution is 2.25. The van der Waals surface area contributed by atoms with Gasteiger partial charge >= 0.3 is 0 Å². The number of hydrogen-bond donors (Lipinski definition) is 1. The van der Waals surface area contributed by atoms with Gasteiger partial charge in [0.25, 0.3) is 0 Å². The topological polar surface area (TPSA) is 54.4 Å². The van der Waals surface area contributed by atoms with E-state index in [0.29, 0.717) is 6.42 Å². The Morgan fingerprint density at radius 1 is 1.33 bits per heavy atom. The molecule has 0 spiro atoms. The first-order valence-corrected chi connectivity index (χ1v) is 7.52. The summed E-state index contributed by atoms with van der Waals surface area (Å²) in [5, 5.41) is 9.89. The Morgan fingerprint density at radius 3 is 2.44 bits per heavy atom. The van der Waals surface area contributed by atoms with Crippen LogP contribution in [0.3, 0.4) is 0 Å². The zero-order chi connectivity index (χ0) is 13.3. The van der Waals surface area contributed by atoms with E-state index in [1.165, 1.54) is 6.07 Å². The summed E-state index contributed by atoms with van der Waals surface area (Å²) in [4.78, 5) is 0. The van der Waals surface area contributed by atoms with E-state index in [4.69, 9.17) is 0 Å². The molecular weight excluding hydrogens is 262 g/mol. The van der Waals surface area contributed by atoms with Crippen LogP contribution < -0.4 is 0 Å². The molecule has 1 aliphatic heterocycles. The summed E-state index contributed by atoms with van der Waals surface area (Å²) in [7, 11) is -3.10. The van der Waals surface area contributed by atoms with Crippen LogP contribution in [0.2, 0.25) is 0 Å². The molecular formula is C12H14F2O3S. The number of aliphatic hydroxyl groups is 1. The highest BCUT2D eigenvalue weighted by atomic mass is 32.2. The summed E-state index contributed by atoms with van der Waals surface area (Å²) >= 11 is 0. The predicted octanol–water partition coefficient (Wildman–Crippen LogP) is 1.30. The minimum Gasteiger partial charge on any atom is -0.392 e. The largest absolute Gasteiger partial charge is 0.392 e. The molecule has 0 aliphatic carbocycles. The predicted molar refractivity (Wildman–Crippen MR) is 62.8 cm³/mol. The lowest BCUT2D eigenvalue weighted by atomic mass is 9.95. The maximum atomic E-state index is 13.4. The van der Waals surface area contributed by atoms with Gasteiger partial charge < -0.3 is 5.11 Å². The van der Waals surface area contributed by atoms with E-state index in [9.17, 15) is 22.3 Å². The summed E-state index contributed by atoms with van der Waals surface area (Å²) in [6.45, 7) is 0. The van der Waals surface area contributed by atoms with Crippen LogP contribution in [0, 0.1) is 17.6 Å². The fourth-order valence-corrected chi connectivity index (χ4v) is 4.10. The van der Waals surface area contributed by atoms with Crippen molar-refractivity contribution in [3.63, 3.8) is 0 Å². The lowest BCUT2D eigenvalue weighted by Crippen LogP contribution is -2.24. The Morgan fingerprint density at radius 2 is 1.94 bits per heavy atom. The van der Waals surface area contributed by atoms with Gasteiger partial charge in [0, 0.05) is 17.9 Å². The molecule has 0 bridgehead atoms. The first kappa shape index (κ1) is 13.4. The van der Waals surface area contributed by atoms with Crippen molar-refractivity contribution in [3.8, 4) is 0 Å². The van der Waals surface area contributed by atoms with Gasteiger partial charge in [-0.05, 0) is 18.6 Å². The highest BCUT2D eigenvalue weighted by molar-refractivity contribution is 7.91. The fourth-order valence-electron chi connectivity index (χ4n) is 2.23. The maximum Gasteiger partial charge on any atom is 0.150 e. The van der Waals surface area contributed by atoms with Crippen molar-refractivity contribution < 1.29 is 22.3 Å². The SMILES string of the molecule is O=S1(=O)CCC(C(O)Cc2c(F)cccc2F)C1. The standard InChI is InChI=1S/C12H14F2O3S/c13-10-2-1-3-11(14)9(10)6-12(15)8-4-5-18(16,17)7-8/h1-3,8,12,15H,4-7H2. The van der Waals surface area contributed by atoms with E-state index >= 15 is 0 Å². The van der Waals surface area contributed by atoms with E-state index in [-0.39, 0.29) is 23.5 Å². The highest BCUT2D eigenvalue weighted by Gasteiger charge is 2.33. The molecule has 2 unspecified atom stereocenters. The average Bonchev–Trinajstić information content (AvgIpc) is 2.64. The van der Waals surface area contributed by atoms with E-state index in [2.05, 4.69) is 0 Å². The summed E-state index contributed by atoms with van der Waals surface area (Å²) in [6, 6.07) is 3.49. The van der Waals surface area contributed by atoms with E-state index in [1.807, 2.05) is 0 Å². The first-order valence-electron chi connectivity index (χ1n) is 5.70. The summed E-state index contributed by atoms with van der Waals surface area (Å²) in [5.41, 5.74) is -0.186. The van der Waals surface area contributed by atoms with Gasteiger partial charge in [0.1, 0.15) is 11.6 Å². The van der Waals surface area contributed by atoms with E-state index in [0.717, 1.165) is 12.1 Å². The molecule has 0 amide bonds. The lowest BCUT2D eigenvalue weighted by Gasteiger charge is -2.17. The molecule has 6 heteroatoms. The van der Waals surface area contributed by atoms with Crippen LogP contribution in [0.5, 0.6) is 0 Å². The second-order valence-electron chi connectivity index (χ2n) is 4.63. The van der Waals surface area contributed by atoms with Crippen LogP contribution in [0.15, 0.2) is 18.2 Å². The van der Waals surface area contributed by atoms with Crippen LogP contribution in [0.4, 0.5) is 8.78 Å². The quantitative estimate of drug-likeness (QED) is 0.905. The van der Waals surface area contributed by atoms with Gasteiger partial charge in [-0.2, -0.15) is 0 Å². The molecule has 100 valence electrons. The van der Waals surface area contributed by atoms with Gasteiger partial charge in [0.2, 0.25) is 0 Å². The van der Waals surface area contributed by atoms with Crippen molar-refractivity contribution >= 4 is 9.84 Å². The number of benzene rings is 1. The van der Waals surface area contributed by atoms with Crippen molar-refractivity contribution in [3.05, 3.63) is 35.4 Å². The van der Waals surface area contributed by atoms with Gasteiger partial charge in [-0.25, -0.2) is 17.2 Å². The molecule has 2 atom stereocenters. The number of sulfone groups is 1. The third-order valence-electron chi connectivity index (χ3n) is 3.29. The zero-order valence-corrected chi connectivity index (χ0v) is 10.5. The van der Waals surface area contributed by atoms with Crippen molar-refractivity contribution in [1.29, 1.82) is 0 Å². The van der Waals surface area contributed by atoms with E-state index < -0.39 is 33.5 Å². The van der Waals surface area contributed by atoms with Crippen LogP contribution >= 0.6 is 0 Å². The molecule has 1 aromatic carbocycles. The Hall–Kier alpha value is -1.01. The van der Waals surface area contributed by atoms with Crippen LogP contribution in [-0.4, -0.2) is 31.1 Å². The van der Waals surface area contributed by atoms with Gasteiger partial charge in [0.05, 0.1) is 17.6 Å². The second-order valence-corrected chi connectivity index (χ2v) is 6.86. The number of halogens is 2. The smallest absolute Gasteiger partial charge is 0.150 e. The Labute approximate surface area is 104 Å². The summed E-state index contributed by atoms with van der Waals surface area (Å²) in [6.07, 6.45) is -0.883. The molecule has 0 saturated carbocycles. The van der Waals surface area contributed by atoms with Gasteiger partial charge in [0.15, 0.2) is 9.84 Å². The first-order chi connectivity index (χ1) is 8.39. The average molecular weight is 276 g/mol. The van der Waals surface area contributed by atoms with Crippen molar-refractivity contribution in [2.75, 3.05) is 11.5 Å². The molecule has 2 rings (SSSR count). The number of aliphatic hydroxyl groups excluding tert-OH is 1. The Bertz CT molecular complexity index is 522. The van der Waals surface area contributed by atoms with E-state index in [1.54, 1.807) is 0 Å². The molecule has 18 heavy (non-hydrogen) atoms. The fraction of sp³-hybridized carbons (Fsp3) is 0.500. The Balaban J connectivity index is 2.10. The molecule has 3 nitrogen and oxygen atoms in total. The van der Waals surface area contributed by atoms with Crippen LogP contribution in [0.25, 0.3) is 0 Å². The van der Waals surface area contributed by atoms with Crippen molar-refractivity contribution in [2.45, 2.75) is 18.9 Å². The van der Waals surface area contributed by atoms with Crippen molar-refractivity contribution in [1.82, 2.24) is 0 Å². The second kappa shape index (κ2) is 4.93. The van der Waals surface area contributed by atoms with Gasteiger partial charge in [-0.15, -0.1) is 0 Å². The van der Waals surface area contributed by atoms with Gasteiger partial charge in [-0.1, -0.05) is 6.07 Å². The normalized spacial score (nSPS) is 24.1. The Kier molecular flexibility index (Phi) is 3.68. The number of rotatable bonds is 3. The molecule has 1 heterocycles. The van der Waals surface area contributed by atoms with Crippen molar-refractivity contribution in [2.24, 2.45) is 5.92 Å². The van der Waals surface area contributed by atoms with Crippen LogP contribution in [0.1, 0.15) is 12.0 Å². The summed E-state index contributed by atoms with van der Waals surface area (Å²) < 4.78 is 49.3. The minimum atomic E-state index is -3.10. The molecule has 1 aromatic rings. The lowest BCUT2D eigenvalue weighted by molar-refractivity contribution is 0.118. The third-order valence-corrected chi connectivity index (χ3v) is 5.08. The molecule has 1 fully saturated rings. The summed E-state index contributed by atoms with van der Waals surface area (Å²) in [5.74, 6) is -1.93. The molecule has 0 aromatic heterocycles. The minimum absolute atomic E-state index is 0.0362. The molecule has 1 aliphatic rings. The molecule has 0 radical (unpaired) electrons. The van der Waals surface area contributed by atoms with Gasteiger partial charge in [-0.3, -0.25) is 0 Å². The molecule has 1 N–H and O–H groups in total. The number of hydrogen-bond acceptors (Lipinski definition) is 3. The third kappa shape index (κ3) is 2.87.